The number of pyridine rings is 1. The standard InChI is InChI=1S/C27H33ClN4O/c1-30-14-9-20(10-15-30)2-7-27(33)31-16-11-21(12-17-31)25-19-32(23-5-3-22(28)4-6-23)26-18-29-13-8-24(25)26/h3-6,8,13,18-21H,2,7,9-12,14-17H2,1H3. The Balaban J connectivity index is 1.24. The Hall–Kier alpha value is -2.37. The van der Waals surface area contributed by atoms with Crippen LogP contribution in [0.5, 0.6) is 0 Å². The van der Waals surface area contributed by atoms with Gasteiger partial charge in [-0.15, -0.1) is 0 Å². The molecular formula is C27H33ClN4O. The zero-order valence-corrected chi connectivity index (χ0v) is 20.2. The van der Waals surface area contributed by atoms with Crippen molar-refractivity contribution in [1.29, 1.82) is 0 Å². The summed E-state index contributed by atoms with van der Waals surface area (Å²) in [7, 11) is 2.19. The van der Waals surface area contributed by atoms with Gasteiger partial charge in [0, 0.05) is 48.0 Å². The van der Waals surface area contributed by atoms with E-state index in [0.717, 1.165) is 54.5 Å². The Kier molecular flexibility index (Phi) is 6.70. The zero-order valence-electron chi connectivity index (χ0n) is 19.4. The summed E-state index contributed by atoms with van der Waals surface area (Å²) in [6.07, 6.45) is 12.3. The van der Waals surface area contributed by atoms with Gasteiger partial charge in [-0.25, -0.2) is 0 Å². The molecule has 0 unspecified atom stereocenters. The van der Waals surface area contributed by atoms with E-state index in [1.165, 1.54) is 36.9 Å². The maximum atomic E-state index is 12.9. The molecular weight excluding hydrogens is 432 g/mol. The summed E-state index contributed by atoms with van der Waals surface area (Å²) < 4.78 is 2.22. The van der Waals surface area contributed by atoms with Crippen molar-refractivity contribution in [3.8, 4) is 5.69 Å². The van der Waals surface area contributed by atoms with Crippen molar-refractivity contribution >= 4 is 28.4 Å². The lowest BCUT2D eigenvalue weighted by Crippen LogP contribution is -2.38. The van der Waals surface area contributed by atoms with Crippen LogP contribution in [-0.4, -0.2) is 58.5 Å². The van der Waals surface area contributed by atoms with Crippen molar-refractivity contribution < 1.29 is 4.79 Å². The molecule has 5 nitrogen and oxygen atoms in total. The van der Waals surface area contributed by atoms with Gasteiger partial charge in [0.05, 0.1) is 11.7 Å². The van der Waals surface area contributed by atoms with Gasteiger partial charge >= 0.3 is 0 Å². The summed E-state index contributed by atoms with van der Waals surface area (Å²) in [5.41, 5.74) is 3.57. The molecule has 1 amide bonds. The number of halogens is 1. The molecule has 0 radical (unpaired) electrons. The number of nitrogens with zero attached hydrogens (tertiary/aromatic N) is 4. The van der Waals surface area contributed by atoms with Gasteiger partial charge in [0.2, 0.25) is 5.91 Å². The Morgan fingerprint density at radius 1 is 1.03 bits per heavy atom. The van der Waals surface area contributed by atoms with Gasteiger partial charge < -0.3 is 14.4 Å². The molecule has 0 spiro atoms. The van der Waals surface area contributed by atoms with E-state index in [2.05, 4.69) is 38.7 Å². The molecule has 0 saturated carbocycles. The predicted octanol–water partition coefficient (Wildman–Crippen LogP) is 5.51. The Labute approximate surface area is 201 Å². The molecule has 2 aromatic heterocycles. The molecule has 6 heteroatoms. The van der Waals surface area contributed by atoms with Crippen LogP contribution in [0.1, 0.15) is 50.0 Å². The van der Waals surface area contributed by atoms with E-state index in [-0.39, 0.29) is 0 Å². The van der Waals surface area contributed by atoms with Crippen molar-refractivity contribution in [1.82, 2.24) is 19.4 Å². The number of aromatic nitrogens is 2. The van der Waals surface area contributed by atoms with E-state index in [4.69, 9.17) is 11.6 Å². The minimum atomic E-state index is 0.347. The third-order valence-electron chi connectivity index (χ3n) is 7.64. The fourth-order valence-corrected chi connectivity index (χ4v) is 5.64. The molecule has 0 bridgehead atoms. The van der Waals surface area contributed by atoms with Crippen molar-refractivity contribution in [3.05, 3.63) is 59.5 Å². The van der Waals surface area contributed by atoms with Crippen LogP contribution in [0, 0.1) is 5.92 Å². The second kappa shape index (κ2) is 9.86. The summed E-state index contributed by atoms with van der Waals surface area (Å²) in [4.78, 5) is 21.7. The molecule has 33 heavy (non-hydrogen) atoms. The Morgan fingerprint density at radius 2 is 1.76 bits per heavy atom. The van der Waals surface area contributed by atoms with Gasteiger partial charge in [-0.1, -0.05) is 11.6 Å². The van der Waals surface area contributed by atoms with Gasteiger partial charge in [-0.2, -0.15) is 0 Å². The first-order valence-corrected chi connectivity index (χ1v) is 12.6. The molecule has 0 aliphatic carbocycles. The maximum absolute atomic E-state index is 12.9. The lowest BCUT2D eigenvalue weighted by molar-refractivity contribution is -0.132. The first-order chi connectivity index (χ1) is 16.1. The van der Waals surface area contributed by atoms with Crippen LogP contribution >= 0.6 is 11.6 Å². The number of benzene rings is 1. The number of rotatable bonds is 5. The van der Waals surface area contributed by atoms with Gasteiger partial charge in [0.25, 0.3) is 0 Å². The lowest BCUT2D eigenvalue weighted by atomic mass is 9.88. The average Bonchev–Trinajstić information content (AvgIpc) is 3.24. The molecule has 2 saturated heterocycles. The quantitative estimate of drug-likeness (QED) is 0.500. The highest BCUT2D eigenvalue weighted by molar-refractivity contribution is 6.30. The molecule has 2 aliphatic rings. The first kappa shape index (κ1) is 22.4. The Morgan fingerprint density at radius 3 is 2.48 bits per heavy atom. The number of piperidine rings is 2. The van der Waals surface area contributed by atoms with E-state index >= 15 is 0 Å². The van der Waals surface area contributed by atoms with Crippen molar-refractivity contribution in [2.45, 2.75) is 44.4 Å². The highest BCUT2D eigenvalue weighted by Gasteiger charge is 2.27. The smallest absolute Gasteiger partial charge is 0.222 e. The van der Waals surface area contributed by atoms with Crippen LogP contribution in [0.3, 0.4) is 0 Å². The van der Waals surface area contributed by atoms with Gasteiger partial charge in [0.15, 0.2) is 0 Å². The third kappa shape index (κ3) is 4.95. The topological polar surface area (TPSA) is 41.4 Å². The fraction of sp³-hybridized carbons (Fsp3) is 0.481. The number of carbonyl (C=O) groups is 1. The predicted molar refractivity (Wildman–Crippen MR) is 134 cm³/mol. The van der Waals surface area contributed by atoms with E-state index in [0.29, 0.717) is 18.2 Å². The van der Waals surface area contributed by atoms with Crippen molar-refractivity contribution in [2.24, 2.45) is 5.92 Å². The highest BCUT2D eigenvalue weighted by Crippen LogP contribution is 2.36. The lowest BCUT2D eigenvalue weighted by Gasteiger charge is -2.33. The van der Waals surface area contributed by atoms with Crippen LogP contribution in [0.15, 0.2) is 48.9 Å². The second-order valence-electron chi connectivity index (χ2n) is 9.76. The van der Waals surface area contributed by atoms with E-state index in [1.807, 2.05) is 36.7 Å². The first-order valence-electron chi connectivity index (χ1n) is 12.3. The van der Waals surface area contributed by atoms with E-state index < -0.39 is 0 Å². The number of hydrogen-bond donors (Lipinski definition) is 0. The molecule has 4 heterocycles. The highest BCUT2D eigenvalue weighted by atomic mass is 35.5. The Bertz CT molecular complexity index is 1090. The second-order valence-corrected chi connectivity index (χ2v) is 10.2. The SMILES string of the molecule is CN1CCC(CCC(=O)N2CCC(c3cn(-c4ccc(Cl)cc4)c4cnccc34)CC2)CC1. The normalized spacial score (nSPS) is 18.8. The largest absolute Gasteiger partial charge is 0.343 e. The monoisotopic (exact) mass is 464 g/mol. The molecule has 2 aliphatic heterocycles. The van der Waals surface area contributed by atoms with E-state index in [1.54, 1.807) is 0 Å². The van der Waals surface area contributed by atoms with Crippen molar-refractivity contribution in [3.63, 3.8) is 0 Å². The van der Waals surface area contributed by atoms with Crippen molar-refractivity contribution in [2.75, 3.05) is 33.2 Å². The molecule has 0 N–H and O–H groups in total. The number of hydrogen-bond acceptors (Lipinski definition) is 3. The maximum Gasteiger partial charge on any atom is 0.222 e. The third-order valence-corrected chi connectivity index (χ3v) is 7.89. The zero-order chi connectivity index (χ0) is 22.8. The molecule has 0 atom stereocenters. The molecule has 2 fully saturated rings. The fourth-order valence-electron chi connectivity index (χ4n) is 5.52. The van der Waals surface area contributed by atoms with E-state index in [9.17, 15) is 4.79 Å². The molecule has 3 aromatic rings. The van der Waals surface area contributed by atoms with Gasteiger partial charge in [-0.05, 0) is 100.0 Å². The van der Waals surface area contributed by atoms with Crippen LogP contribution in [-0.2, 0) is 4.79 Å². The summed E-state index contributed by atoms with van der Waals surface area (Å²) >= 11 is 6.10. The van der Waals surface area contributed by atoms with Crippen LogP contribution < -0.4 is 0 Å². The number of amides is 1. The average molecular weight is 465 g/mol. The molecule has 5 rings (SSSR count). The number of carbonyl (C=O) groups excluding carboxylic acids is 1. The number of fused-ring (bicyclic) bond motifs is 1. The summed E-state index contributed by atoms with van der Waals surface area (Å²) in [6, 6.07) is 10.1. The molecule has 1 aromatic carbocycles. The minimum absolute atomic E-state index is 0.347. The van der Waals surface area contributed by atoms with Gasteiger partial charge in [0.1, 0.15) is 0 Å². The summed E-state index contributed by atoms with van der Waals surface area (Å²) in [5, 5.41) is 1.99. The molecule has 174 valence electrons. The number of likely N-dealkylation sites (tertiary alicyclic amines) is 2. The summed E-state index contributed by atoms with van der Waals surface area (Å²) in [6.45, 7) is 4.05. The summed E-state index contributed by atoms with van der Waals surface area (Å²) in [5.74, 6) is 1.52. The van der Waals surface area contributed by atoms with Gasteiger partial charge in [-0.3, -0.25) is 9.78 Å². The van der Waals surface area contributed by atoms with Crippen LogP contribution in [0.4, 0.5) is 0 Å². The van der Waals surface area contributed by atoms with Crippen LogP contribution in [0.2, 0.25) is 5.02 Å². The minimum Gasteiger partial charge on any atom is -0.343 e. The van der Waals surface area contributed by atoms with Crippen LogP contribution in [0.25, 0.3) is 16.6 Å².